The molecule has 1 amide bonds. The van der Waals surface area contributed by atoms with Crippen molar-refractivity contribution in [2.24, 2.45) is 5.92 Å². The topological polar surface area (TPSA) is 41.6 Å². The number of rotatable bonds is 5. The van der Waals surface area contributed by atoms with Gasteiger partial charge in [-0.2, -0.15) is 0 Å². The molecule has 1 N–H and O–H groups in total. The summed E-state index contributed by atoms with van der Waals surface area (Å²) in [5.41, 5.74) is 2.29. The highest BCUT2D eigenvalue weighted by atomic mass is 16.5. The van der Waals surface area contributed by atoms with Gasteiger partial charge in [-0.3, -0.25) is 10.1 Å². The van der Waals surface area contributed by atoms with Gasteiger partial charge >= 0.3 is 0 Å². The van der Waals surface area contributed by atoms with Gasteiger partial charge in [-0.1, -0.05) is 24.6 Å². The van der Waals surface area contributed by atoms with Crippen LogP contribution >= 0.6 is 0 Å². The van der Waals surface area contributed by atoms with Crippen molar-refractivity contribution < 1.29 is 9.53 Å². The first-order valence-electron chi connectivity index (χ1n) is 8.61. The summed E-state index contributed by atoms with van der Waals surface area (Å²) in [6.45, 7) is 10.1. The molecule has 4 nitrogen and oxygen atoms in total. The lowest BCUT2D eigenvalue weighted by atomic mass is 9.98. The molecule has 0 spiro atoms. The SMILES string of the molecule is COc1ccc(C)cc1C(C)NC(C)C(=O)N1CCC(C)CC1. The van der Waals surface area contributed by atoms with Crippen LogP contribution in [0.1, 0.15) is 50.8 Å². The Kier molecular flexibility index (Phi) is 6.05. The monoisotopic (exact) mass is 318 g/mol. The van der Waals surface area contributed by atoms with E-state index in [4.69, 9.17) is 4.74 Å². The Morgan fingerprint density at radius 2 is 1.96 bits per heavy atom. The Labute approximate surface area is 140 Å². The molecule has 0 bridgehead atoms. The Morgan fingerprint density at radius 1 is 1.30 bits per heavy atom. The molecule has 2 atom stereocenters. The minimum atomic E-state index is -0.191. The van der Waals surface area contributed by atoms with Crippen LogP contribution in [0.5, 0.6) is 5.75 Å². The van der Waals surface area contributed by atoms with Gasteiger partial charge in [-0.05, 0) is 45.6 Å². The molecule has 0 saturated carbocycles. The third-order valence-corrected chi connectivity index (χ3v) is 4.82. The molecule has 1 aliphatic rings. The summed E-state index contributed by atoms with van der Waals surface area (Å²) in [5.74, 6) is 1.80. The minimum absolute atomic E-state index is 0.0625. The average molecular weight is 318 g/mol. The van der Waals surface area contributed by atoms with Crippen molar-refractivity contribution in [2.45, 2.75) is 52.6 Å². The zero-order chi connectivity index (χ0) is 17.0. The molecule has 1 fully saturated rings. The van der Waals surface area contributed by atoms with Crippen LogP contribution in [0.15, 0.2) is 18.2 Å². The molecule has 1 saturated heterocycles. The smallest absolute Gasteiger partial charge is 0.239 e. The first-order chi connectivity index (χ1) is 10.9. The average Bonchev–Trinajstić information content (AvgIpc) is 2.54. The molecular weight excluding hydrogens is 288 g/mol. The van der Waals surface area contributed by atoms with E-state index < -0.39 is 0 Å². The van der Waals surface area contributed by atoms with Gasteiger partial charge in [0.2, 0.25) is 5.91 Å². The Hall–Kier alpha value is -1.55. The number of aryl methyl sites for hydroxylation is 1. The molecule has 1 aliphatic heterocycles. The summed E-state index contributed by atoms with van der Waals surface area (Å²) < 4.78 is 5.46. The number of benzene rings is 1. The van der Waals surface area contributed by atoms with Crippen molar-refractivity contribution in [2.75, 3.05) is 20.2 Å². The van der Waals surface area contributed by atoms with E-state index in [9.17, 15) is 4.79 Å². The highest BCUT2D eigenvalue weighted by Gasteiger charge is 2.26. The van der Waals surface area contributed by atoms with Crippen LogP contribution < -0.4 is 10.1 Å². The Bertz CT molecular complexity index is 536. The van der Waals surface area contributed by atoms with E-state index in [0.717, 1.165) is 43.2 Å². The lowest BCUT2D eigenvalue weighted by Crippen LogP contribution is -2.48. The van der Waals surface area contributed by atoms with Crippen LogP contribution in [-0.4, -0.2) is 37.0 Å². The molecule has 1 aromatic rings. The van der Waals surface area contributed by atoms with Gasteiger partial charge in [0.1, 0.15) is 5.75 Å². The third kappa shape index (κ3) is 4.47. The van der Waals surface area contributed by atoms with Gasteiger partial charge in [0, 0.05) is 24.7 Å². The van der Waals surface area contributed by atoms with E-state index >= 15 is 0 Å². The van der Waals surface area contributed by atoms with Crippen molar-refractivity contribution in [3.8, 4) is 5.75 Å². The fraction of sp³-hybridized carbons (Fsp3) is 0.632. The van der Waals surface area contributed by atoms with Crippen molar-refractivity contribution in [1.29, 1.82) is 0 Å². The predicted octanol–water partition coefficient (Wildman–Crippen LogP) is 3.30. The summed E-state index contributed by atoms with van der Waals surface area (Å²) in [5, 5.41) is 3.44. The molecule has 1 heterocycles. The van der Waals surface area contributed by atoms with Crippen LogP contribution in [-0.2, 0) is 4.79 Å². The number of amides is 1. The summed E-state index contributed by atoms with van der Waals surface area (Å²) in [7, 11) is 1.68. The fourth-order valence-electron chi connectivity index (χ4n) is 3.23. The number of likely N-dealkylation sites (tertiary alicyclic amines) is 1. The van der Waals surface area contributed by atoms with E-state index in [1.54, 1.807) is 7.11 Å². The van der Waals surface area contributed by atoms with E-state index in [0.29, 0.717) is 0 Å². The highest BCUT2D eigenvalue weighted by molar-refractivity contribution is 5.81. The van der Waals surface area contributed by atoms with Crippen molar-refractivity contribution >= 4 is 5.91 Å². The first kappa shape index (κ1) is 17.8. The maximum atomic E-state index is 12.6. The van der Waals surface area contributed by atoms with Crippen LogP contribution in [0.3, 0.4) is 0 Å². The normalized spacial score (nSPS) is 18.6. The summed E-state index contributed by atoms with van der Waals surface area (Å²) in [6.07, 6.45) is 2.22. The maximum absolute atomic E-state index is 12.6. The lowest BCUT2D eigenvalue weighted by Gasteiger charge is -2.33. The number of ether oxygens (including phenoxy) is 1. The van der Waals surface area contributed by atoms with Crippen molar-refractivity contribution in [3.63, 3.8) is 0 Å². The predicted molar refractivity (Wildman–Crippen MR) is 93.7 cm³/mol. The number of hydrogen-bond donors (Lipinski definition) is 1. The standard InChI is InChI=1S/C19H30N2O2/c1-13-8-10-21(11-9-13)19(22)16(4)20-15(3)17-12-14(2)6-7-18(17)23-5/h6-7,12-13,15-16,20H,8-11H2,1-5H3. The molecule has 2 rings (SSSR count). The maximum Gasteiger partial charge on any atom is 0.239 e. The zero-order valence-corrected chi connectivity index (χ0v) is 15.1. The largest absolute Gasteiger partial charge is 0.496 e. The number of hydrogen-bond acceptors (Lipinski definition) is 3. The van der Waals surface area contributed by atoms with Gasteiger partial charge in [0.15, 0.2) is 0 Å². The second-order valence-corrected chi connectivity index (χ2v) is 6.86. The minimum Gasteiger partial charge on any atom is -0.496 e. The van der Waals surface area contributed by atoms with Gasteiger partial charge in [0.25, 0.3) is 0 Å². The fourth-order valence-corrected chi connectivity index (χ4v) is 3.23. The molecule has 4 heteroatoms. The van der Waals surface area contributed by atoms with Crippen molar-refractivity contribution in [3.05, 3.63) is 29.3 Å². The number of nitrogens with zero attached hydrogens (tertiary/aromatic N) is 1. The number of methoxy groups -OCH3 is 1. The van der Waals surface area contributed by atoms with E-state index in [1.165, 1.54) is 5.56 Å². The van der Waals surface area contributed by atoms with Gasteiger partial charge in [-0.15, -0.1) is 0 Å². The number of piperidine rings is 1. The van der Waals surface area contributed by atoms with Gasteiger partial charge in [-0.25, -0.2) is 0 Å². The second kappa shape index (κ2) is 7.82. The van der Waals surface area contributed by atoms with Crippen LogP contribution in [0.2, 0.25) is 0 Å². The number of nitrogens with one attached hydrogen (secondary N) is 1. The van der Waals surface area contributed by atoms with Gasteiger partial charge in [0.05, 0.1) is 13.2 Å². The lowest BCUT2D eigenvalue weighted by molar-refractivity contribution is -0.134. The van der Waals surface area contributed by atoms with E-state index in [1.807, 2.05) is 24.0 Å². The Morgan fingerprint density at radius 3 is 2.57 bits per heavy atom. The Balaban J connectivity index is 2.00. The summed E-state index contributed by atoms with van der Waals surface area (Å²) >= 11 is 0. The quantitative estimate of drug-likeness (QED) is 0.905. The van der Waals surface area contributed by atoms with E-state index in [2.05, 4.69) is 32.2 Å². The number of carbonyl (C=O) groups excluding carboxylic acids is 1. The molecule has 128 valence electrons. The van der Waals surface area contributed by atoms with Crippen LogP contribution in [0, 0.1) is 12.8 Å². The zero-order valence-electron chi connectivity index (χ0n) is 15.1. The molecular formula is C19H30N2O2. The number of carbonyl (C=O) groups is 1. The van der Waals surface area contributed by atoms with Gasteiger partial charge < -0.3 is 9.64 Å². The first-order valence-corrected chi connectivity index (χ1v) is 8.61. The van der Waals surface area contributed by atoms with Crippen LogP contribution in [0.25, 0.3) is 0 Å². The van der Waals surface area contributed by atoms with E-state index in [-0.39, 0.29) is 18.0 Å². The highest BCUT2D eigenvalue weighted by Crippen LogP contribution is 2.26. The summed E-state index contributed by atoms with van der Waals surface area (Å²) in [6, 6.07) is 6.02. The molecule has 0 aromatic heterocycles. The van der Waals surface area contributed by atoms with Crippen molar-refractivity contribution in [1.82, 2.24) is 10.2 Å². The molecule has 0 aliphatic carbocycles. The summed E-state index contributed by atoms with van der Waals surface area (Å²) in [4.78, 5) is 14.6. The molecule has 23 heavy (non-hydrogen) atoms. The molecule has 1 aromatic carbocycles. The third-order valence-electron chi connectivity index (χ3n) is 4.82. The van der Waals surface area contributed by atoms with Crippen LogP contribution in [0.4, 0.5) is 0 Å². The molecule has 0 radical (unpaired) electrons. The molecule has 2 unspecified atom stereocenters. The second-order valence-electron chi connectivity index (χ2n) is 6.86.